The molecule has 5 heteroatoms. The summed E-state index contributed by atoms with van der Waals surface area (Å²) in [5.74, 6) is 1.14. The molecule has 1 aliphatic rings. The zero-order valence-corrected chi connectivity index (χ0v) is 13.9. The zero-order valence-electron chi connectivity index (χ0n) is 13.1. The Kier molecular flexibility index (Phi) is 5.07. The van der Waals surface area contributed by atoms with E-state index in [1.54, 1.807) is 12.1 Å². The predicted octanol–water partition coefficient (Wildman–Crippen LogP) is 2.56. The Morgan fingerprint density at radius 3 is 2.38 bits per heavy atom. The Labute approximate surface area is 128 Å². The van der Waals surface area contributed by atoms with Gasteiger partial charge in [0.15, 0.2) is 0 Å². The van der Waals surface area contributed by atoms with Crippen LogP contribution < -0.4 is 10.5 Å². The fraction of sp³-hybridized carbons (Fsp3) is 0.625. The van der Waals surface area contributed by atoms with Gasteiger partial charge in [0, 0.05) is 12.6 Å². The minimum atomic E-state index is -3.48. The van der Waals surface area contributed by atoms with Crippen molar-refractivity contribution in [3.63, 3.8) is 0 Å². The van der Waals surface area contributed by atoms with E-state index >= 15 is 0 Å². The normalized spacial score (nSPS) is 26.8. The monoisotopic (exact) mass is 310 g/mol. The Balaban J connectivity index is 2.23. The Hall–Kier alpha value is -0.910. The van der Waals surface area contributed by atoms with Crippen LogP contribution in [0.5, 0.6) is 0 Å². The van der Waals surface area contributed by atoms with Gasteiger partial charge in [-0.15, -0.1) is 0 Å². The van der Waals surface area contributed by atoms with Crippen molar-refractivity contribution in [3.8, 4) is 0 Å². The molecular formula is C16H26N2O2S. The number of hydrogen-bond acceptors (Lipinski definition) is 3. The van der Waals surface area contributed by atoms with Gasteiger partial charge in [0.25, 0.3) is 0 Å². The molecule has 1 aromatic carbocycles. The van der Waals surface area contributed by atoms with Crippen LogP contribution in [0.4, 0.5) is 0 Å². The van der Waals surface area contributed by atoms with Crippen LogP contribution in [0.2, 0.25) is 0 Å². The number of benzene rings is 1. The Bertz CT molecular complexity index is 588. The van der Waals surface area contributed by atoms with E-state index in [2.05, 4.69) is 18.6 Å². The van der Waals surface area contributed by atoms with Gasteiger partial charge in [-0.25, -0.2) is 13.1 Å². The SMILES string of the molecule is Cc1c(CN)cccc1S(=O)(=O)NC1CC(C)CC(C)C1. The van der Waals surface area contributed by atoms with Gasteiger partial charge >= 0.3 is 0 Å². The third-order valence-corrected chi connectivity index (χ3v) is 6.07. The molecule has 2 unspecified atom stereocenters. The molecule has 1 saturated carbocycles. The molecule has 1 aliphatic carbocycles. The van der Waals surface area contributed by atoms with Crippen molar-refractivity contribution >= 4 is 10.0 Å². The summed E-state index contributed by atoms with van der Waals surface area (Å²) < 4.78 is 28.2. The highest BCUT2D eigenvalue weighted by Crippen LogP contribution is 2.30. The Morgan fingerprint density at radius 1 is 1.19 bits per heavy atom. The summed E-state index contributed by atoms with van der Waals surface area (Å²) in [6.45, 7) is 6.56. The van der Waals surface area contributed by atoms with E-state index in [1.807, 2.05) is 13.0 Å². The maximum atomic E-state index is 12.7. The second kappa shape index (κ2) is 6.46. The van der Waals surface area contributed by atoms with Crippen molar-refractivity contribution in [2.75, 3.05) is 0 Å². The zero-order chi connectivity index (χ0) is 15.6. The van der Waals surface area contributed by atoms with E-state index < -0.39 is 10.0 Å². The molecule has 2 rings (SSSR count). The van der Waals surface area contributed by atoms with Gasteiger partial charge in [-0.1, -0.05) is 26.0 Å². The lowest BCUT2D eigenvalue weighted by molar-refractivity contribution is 0.257. The fourth-order valence-corrected chi connectivity index (χ4v) is 5.05. The van der Waals surface area contributed by atoms with Crippen LogP contribution in [0.25, 0.3) is 0 Å². The molecule has 4 nitrogen and oxygen atoms in total. The first-order valence-electron chi connectivity index (χ1n) is 7.64. The molecule has 2 atom stereocenters. The van der Waals surface area contributed by atoms with Crippen LogP contribution in [0.1, 0.15) is 44.2 Å². The van der Waals surface area contributed by atoms with Gasteiger partial charge in [-0.05, 0) is 55.2 Å². The summed E-state index contributed by atoms with van der Waals surface area (Å²) in [5.41, 5.74) is 7.30. The van der Waals surface area contributed by atoms with Crippen molar-refractivity contribution < 1.29 is 8.42 Å². The van der Waals surface area contributed by atoms with Gasteiger partial charge in [-0.3, -0.25) is 0 Å². The first-order valence-corrected chi connectivity index (χ1v) is 9.12. The molecule has 0 amide bonds. The molecule has 0 radical (unpaired) electrons. The number of nitrogens with one attached hydrogen (secondary N) is 1. The van der Waals surface area contributed by atoms with Crippen LogP contribution in [0.15, 0.2) is 23.1 Å². The topological polar surface area (TPSA) is 72.2 Å². The fourth-order valence-electron chi connectivity index (χ4n) is 3.50. The van der Waals surface area contributed by atoms with Crippen molar-refractivity contribution in [2.45, 2.75) is 57.5 Å². The van der Waals surface area contributed by atoms with Crippen LogP contribution >= 0.6 is 0 Å². The smallest absolute Gasteiger partial charge is 0.241 e. The second-order valence-electron chi connectivity index (χ2n) is 6.48. The van der Waals surface area contributed by atoms with E-state index in [9.17, 15) is 8.42 Å². The van der Waals surface area contributed by atoms with Crippen molar-refractivity contribution in [3.05, 3.63) is 29.3 Å². The minimum absolute atomic E-state index is 0.0367. The third-order valence-electron chi connectivity index (χ3n) is 4.41. The van der Waals surface area contributed by atoms with Gasteiger partial charge in [-0.2, -0.15) is 0 Å². The molecule has 3 N–H and O–H groups in total. The summed E-state index contributed by atoms with van der Waals surface area (Å²) in [6.07, 6.45) is 3.01. The lowest BCUT2D eigenvalue weighted by Crippen LogP contribution is -2.40. The van der Waals surface area contributed by atoms with Gasteiger partial charge in [0.2, 0.25) is 10.0 Å². The molecule has 0 heterocycles. The quantitative estimate of drug-likeness (QED) is 0.897. The first-order chi connectivity index (χ1) is 9.83. The molecular weight excluding hydrogens is 284 g/mol. The van der Waals surface area contributed by atoms with Crippen molar-refractivity contribution in [1.29, 1.82) is 0 Å². The van der Waals surface area contributed by atoms with E-state index in [-0.39, 0.29) is 6.04 Å². The Morgan fingerprint density at radius 2 is 1.81 bits per heavy atom. The number of hydrogen-bond donors (Lipinski definition) is 2. The first kappa shape index (κ1) is 16.5. The molecule has 0 spiro atoms. The molecule has 1 aromatic rings. The molecule has 0 aromatic heterocycles. The van der Waals surface area contributed by atoms with E-state index in [0.29, 0.717) is 23.3 Å². The summed E-state index contributed by atoms with van der Waals surface area (Å²) in [4.78, 5) is 0.358. The average molecular weight is 310 g/mol. The highest BCUT2D eigenvalue weighted by molar-refractivity contribution is 7.89. The van der Waals surface area contributed by atoms with E-state index in [1.165, 1.54) is 6.42 Å². The maximum absolute atomic E-state index is 12.7. The highest BCUT2D eigenvalue weighted by Gasteiger charge is 2.28. The highest BCUT2D eigenvalue weighted by atomic mass is 32.2. The van der Waals surface area contributed by atoms with Gasteiger partial charge < -0.3 is 5.73 Å². The standard InChI is InChI=1S/C16H26N2O2S/c1-11-7-12(2)9-15(8-11)18-21(19,20)16-6-4-5-14(10-17)13(16)3/h4-6,11-12,15,18H,7-10,17H2,1-3H3. The summed E-state index contributed by atoms with van der Waals surface area (Å²) in [5, 5.41) is 0. The molecule has 1 fully saturated rings. The number of rotatable bonds is 4. The van der Waals surface area contributed by atoms with Gasteiger partial charge in [0.1, 0.15) is 0 Å². The second-order valence-corrected chi connectivity index (χ2v) is 8.16. The molecule has 118 valence electrons. The molecule has 0 bridgehead atoms. The number of sulfonamides is 1. The summed E-state index contributed by atoms with van der Waals surface area (Å²) in [6, 6.07) is 5.33. The van der Waals surface area contributed by atoms with Gasteiger partial charge in [0.05, 0.1) is 4.90 Å². The average Bonchev–Trinajstić information content (AvgIpc) is 2.36. The largest absolute Gasteiger partial charge is 0.326 e. The molecule has 0 saturated heterocycles. The van der Waals surface area contributed by atoms with E-state index in [4.69, 9.17) is 5.73 Å². The number of nitrogens with two attached hydrogens (primary N) is 1. The van der Waals surface area contributed by atoms with E-state index in [0.717, 1.165) is 24.0 Å². The van der Waals surface area contributed by atoms with Crippen molar-refractivity contribution in [1.82, 2.24) is 4.72 Å². The lowest BCUT2D eigenvalue weighted by atomic mass is 9.81. The molecule has 21 heavy (non-hydrogen) atoms. The van der Waals surface area contributed by atoms with Crippen LogP contribution in [-0.2, 0) is 16.6 Å². The predicted molar refractivity (Wildman–Crippen MR) is 85.4 cm³/mol. The van der Waals surface area contributed by atoms with Crippen LogP contribution in [-0.4, -0.2) is 14.5 Å². The summed E-state index contributed by atoms with van der Waals surface area (Å²) in [7, 11) is -3.48. The van der Waals surface area contributed by atoms with Crippen molar-refractivity contribution in [2.24, 2.45) is 17.6 Å². The summed E-state index contributed by atoms with van der Waals surface area (Å²) >= 11 is 0. The molecule has 0 aliphatic heterocycles. The van der Waals surface area contributed by atoms with Crippen LogP contribution in [0.3, 0.4) is 0 Å². The van der Waals surface area contributed by atoms with Crippen LogP contribution in [0, 0.1) is 18.8 Å². The maximum Gasteiger partial charge on any atom is 0.241 e. The third kappa shape index (κ3) is 3.84. The minimum Gasteiger partial charge on any atom is -0.326 e. The lowest BCUT2D eigenvalue weighted by Gasteiger charge is -2.31.